The third-order valence-electron chi connectivity index (χ3n) is 10.3. The molecule has 1 aromatic heterocycles. The molecular weight excluding hydrogens is 555 g/mol. The molecule has 2 bridgehead atoms. The topological polar surface area (TPSA) is 60.9 Å². The highest BCUT2D eigenvalue weighted by molar-refractivity contribution is 5.85. The van der Waals surface area contributed by atoms with Gasteiger partial charge in [-0.15, -0.1) is 0 Å². The summed E-state index contributed by atoms with van der Waals surface area (Å²) in [6, 6.07) is 12.3. The molecular formula is C33H44F3N5O2. The summed E-state index contributed by atoms with van der Waals surface area (Å²) in [7, 11) is 0. The number of fused-ring (bicyclic) bond motifs is 3. The molecule has 0 spiro atoms. The van der Waals surface area contributed by atoms with Crippen molar-refractivity contribution in [3.63, 3.8) is 0 Å². The first-order valence-corrected chi connectivity index (χ1v) is 16.0. The molecule has 5 fully saturated rings. The van der Waals surface area contributed by atoms with Crippen LogP contribution in [-0.4, -0.2) is 84.8 Å². The maximum Gasteiger partial charge on any atom is 0.403 e. The van der Waals surface area contributed by atoms with E-state index in [9.17, 15) is 18.0 Å². The summed E-state index contributed by atoms with van der Waals surface area (Å²) in [6.45, 7) is 9.59. The summed E-state index contributed by atoms with van der Waals surface area (Å²) < 4.78 is 47.9. The van der Waals surface area contributed by atoms with Crippen molar-refractivity contribution in [1.29, 1.82) is 0 Å². The molecule has 7 rings (SSSR count). The second-order valence-corrected chi connectivity index (χ2v) is 12.7. The SMILES string of the molecule is CCOc1ccccc1-c1ccc(N2CCN(C(=O)C3(C(F)(F)F)CCC3)C[C@H]2CC)c(CN[C@@H]2CN3CCC2CC3)n1. The lowest BCUT2D eigenvalue weighted by molar-refractivity contribution is -0.248. The fourth-order valence-corrected chi connectivity index (χ4v) is 7.58. The third-order valence-corrected chi connectivity index (χ3v) is 10.3. The summed E-state index contributed by atoms with van der Waals surface area (Å²) in [4.78, 5) is 24.8. The summed E-state index contributed by atoms with van der Waals surface area (Å²) in [5.74, 6) is 0.713. The molecule has 234 valence electrons. The number of piperidine rings is 3. The van der Waals surface area contributed by atoms with E-state index in [2.05, 4.69) is 21.2 Å². The van der Waals surface area contributed by atoms with Gasteiger partial charge in [0.05, 0.1) is 23.7 Å². The predicted molar refractivity (Wildman–Crippen MR) is 161 cm³/mol. The number of amides is 1. The van der Waals surface area contributed by atoms with Gasteiger partial charge < -0.3 is 24.8 Å². The van der Waals surface area contributed by atoms with Gasteiger partial charge in [-0.25, -0.2) is 4.98 Å². The van der Waals surface area contributed by atoms with Crippen LogP contribution in [0.2, 0.25) is 0 Å². The number of nitrogens with zero attached hydrogens (tertiary/aromatic N) is 4. The molecule has 4 saturated heterocycles. The minimum absolute atomic E-state index is 0.0954. The Morgan fingerprint density at radius 1 is 1.05 bits per heavy atom. The standard InChI is InChI=1S/C33H44F3N5O2/c1-3-24-21-40(31(42)32(14-7-15-32)33(34,35)36)18-19-41(24)29-11-10-26(25-8-5-6-9-30(25)43-4-2)38-27(29)20-37-28-22-39-16-12-23(28)13-17-39/h5-6,8-11,23-24,28,37H,3-4,7,12-22H2,1-2H3/t24-,28-/m1/s1. The molecule has 1 aliphatic carbocycles. The normalized spacial score (nSPS) is 26.7. The molecule has 4 aliphatic heterocycles. The van der Waals surface area contributed by atoms with Crippen LogP contribution in [0.5, 0.6) is 5.75 Å². The Morgan fingerprint density at radius 2 is 1.81 bits per heavy atom. The average molecular weight is 600 g/mol. The molecule has 10 heteroatoms. The summed E-state index contributed by atoms with van der Waals surface area (Å²) in [6.07, 6.45) is -1.12. The van der Waals surface area contributed by atoms with Crippen molar-refractivity contribution in [2.45, 2.75) is 77.2 Å². The Labute approximate surface area is 252 Å². The van der Waals surface area contributed by atoms with Crippen molar-refractivity contribution in [3.05, 3.63) is 42.1 Å². The van der Waals surface area contributed by atoms with E-state index in [1.165, 1.54) is 30.8 Å². The smallest absolute Gasteiger partial charge is 0.403 e. The molecule has 0 radical (unpaired) electrons. The van der Waals surface area contributed by atoms with Gasteiger partial charge in [0.25, 0.3) is 0 Å². The fraction of sp³-hybridized carbons (Fsp3) is 0.636. The number of hydrogen-bond donors (Lipinski definition) is 1. The fourth-order valence-electron chi connectivity index (χ4n) is 7.58. The molecule has 1 amide bonds. The number of alkyl halides is 3. The molecule has 5 aliphatic rings. The van der Waals surface area contributed by atoms with Gasteiger partial charge in [0.15, 0.2) is 0 Å². The number of carbonyl (C=O) groups is 1. The van der Waals surface area contributed by atoms with Crippen molar-refractivity contribution < 1.29 is 22.7 Å². The van der Waals surface area contributed by atoms with Gasteiger partial charge in [-0.3, -0.25) is 4.79 Å². The lowest BCUT2D eigenvalue weighted by Gasteiger charge is -2.49. The van der Waals surface area contributed by atoms with Crippen molar-refractivity contribution in [2.75, 3.05) is 50.8 Å². The van der Waals surface area contributed by atoms with Gasteiger partial charge in [0.2, 0.25) is 5.91 Å². The first-order valence-electron chi connectivity index (χ1n) is 16.0. The molecule has 43 heavy (non-hydrogen) atoms. The number of para-hydroxylation sites is 1. The van der Waals surface area contributed by atoms with Gasteiger partial charge >= 0.3 is 6.18 Å². The van der Waals surface area contributed by atoms with Crippen LogP contribution in [0.3, 0.4) is 0 Å². The Balaban J connectivity index is 1.27. The lowest BCUT2D eigenvalue weighted by atomic mass is 9.67. The van der Waals surface area contributed by atoms with Crippen LogP contribution in [-0.2, 0) is 11.3 Å². The zero-order chi connectivity index (χ0) is 30.2. The number of aromatic nitrogens is 1. The van der Waals surface area contributed by atoms with Crippen LogP contribution in [0.1, 0.15) is 58.1 Å². The first kappa shape index (κ1) is 30.2. The number of benzene rings is 1. The van der Waals surface area contributed by atoms with Crippen molar-refractivity contribution in [2.24, 2.45) is 11.3 Å². The summed E-state index contributed by atoms with van der Waals surface area (Å²) in [5, 5.41) is 3.83. The second-order valence-electron chi connectivity index (χ2n) is 12.7. The molecule has 1 saturated carbocycles. The minimum atomic E-state index is -4.51. The van der Waals surface area contributed by atoms with E-state index in [0.29, 0.717) is 44.5 Å². The van der Waals surface area contributed by atoms with Gasteiger partial charge in [-0.2, -0.15) is 13.2 Å². The highest BCUT2D eigenvalue weighted by Crippen LogP contribution is 2.54. The summed E-state index contributed by atoms with van der Waals surface area (Å²) in [5.41, 5.74) is 1.47. The van der Waals surface area contributed by atoms with Crippen LogP contribution < -0.4 is 15.0 Å². The quantitative estimate of drug-likeness (QED) is 0.412. The first-order chi connectivity index (χ1) is 20.7. The van der Waals surface area contributed by atoms with Gasteiger partial charge in [0, 0.05) is 50.4 Å². The maximum absolute atomic E-state index is 14.0. The average Bonchev–Trinajstić information content (AvgIpc) is 2.99. The van der Waals surface area contributed by atoms with Crippen LogP contribution in [0.25, 0.3) is 11.3 Å². The Hall–Kier alpha value is -2.85. The van der Waals surface area contributed by atoms with E-state index in [1.54, 1.807) is 0 Å². The van der Waals surface area contributed by atoms with Crippen LogP contribution in [0.4, 0.5) is 18.9 Å². The van der Waals surface area contributed by atoms with E-state index in [-0.39, 0.29) is 32.0 Å². The Bertz CT molecular complexity index is 1290. The van der Waals surface area contributed by atoms with E-state index in [0.717, 1.165) is 34.9 Å². The number of piperazine rings is 1. The van der Waals surface area contributed by atoms with Gasteiger partial charge in [-0.05, 0) is 82.3 Å². The van der Waals surface area contributed by atoms with Crippen molar-refractivity contribution >= 4 is 11.6 Å². The van der Waals surface area contributed by atoms with E-state index in [1.807, 2.05) is 44.2 Å². The number of ether oxygens (including phenoxy) is 1. The third kappa shape index (κ3) is 5.72. The summed E-state index contributed by atoms with van der Waals surface area (Å²) >= 11 is 0. The van der Waals surface area contributed by atoms with E-state index in [4.69, 9.17) is 9.72 Å². The molecule has 7 nitrogen and oxygen atoms in total. The Morgan fingerprint density at radius 3 is 2.44 bits per heavy atom. The van der Waals surface area contributed by atoms with Crippen LogP contribution >= 0.6 is 0 Å². The number of rotatable bonds is 9. The number of anilines is 1. The van der Waals surface area contributed by atoms with Crippen LogP contribution in [0, 0.1) is 11.3 Å². The molecule has 5 heterocycles. The van der Waals surface area contributed by atoms with Gasteiger partial charge in [-0.1, -0.05) is 25.5 Å². The maximum atomic E-state index is 14.0. The molecule has 2 atom stereocenters. The highest BCUT2D eigenvalue weighted by atomic mass is 19.4. The largest absolute Gasteiger partial charge is 0.493 e. The minimum Gasteiger partial charge on any atom is -0.493 e. The highest BCUT2D eigenvalue weighted by Gasteiger charge is 2.64. The number of hydrogen-bond acceptors (Lipinski definition) is 6. The van der Waals surface area contributed by atoms with Crippen molar-refractivity contribution in [1.82, 2.24) is 20.1 Å². The monoisotopic (exact) mass is 599 g/mol. The predicted octanol–water partition coefficient (Wildman–Crippen LogP) is 5.49. The molecule has 1 aromatic carbocycles. The molecule has 0 unspecified atom stereocenters. The van der Waals surface area contributed by atoms with Crippen molar-refractivity contribution in [3.8, 4) is 17.0 Å². The van der Waals surface area contributed by atoms with Crippen LogP contribution in [0.15, 0.2) is 36.4 Å². The molecule has 2 aromatic rings. The number of pyridine rings is 1. The number of carbonyl (C=O) groups excluding carboxylic acids is 1. The zero-order valence-electron chi connectivity index (χ0n) is 25.3. The zero-order valence-corrected chi connectivity index (χ0v) is 25.3. The second kappa shape index (κ2) is 12.3. The lowest BCUT2D eigenvalue weighted by Crippen LogP contribution is -2.62. The molecule has 1 N–H and O–H groups in total. The van der Waals surface area contributed by atoms with E-state index >= 15 is 0 Å². The Kier molecular flexibility index (Phi) is 8.61. The van der Waals surface area contributed by atoms with Gasteiger partial charge in [0.1, 0.15) is 11.2 Å². The number of halogens is 3. The van der Waals surface area contributed by atoms with E-state index < -0.39 is 17.5 Å². The number of nitrogens with one attached hydrogen (secondary N) is 1.